The average molecular weight is 384 g/mol. The van der Waals surface area contributed by atoms with Gasteiger partial charge in [-0.15, -0.1) is 11.8 Å². The molecule has 114 valence electrons. The number of benzene rings is 2. The molecule has 3 rings (SSSR count). The first-order chi connectivity index (χ1) is 10.5. The molecule has 0 bridgehead atoms. The fourth-order valence-corrected chi connectivity index (χ4v) is 3.89. The summed E-state index contributed by atoms with van der Waals surface area (Å²) < 4.78 is 27.9. The third-order valence-corrected chi connectivity index (χ3v) is 5.11. The summed E-state index contributed by atoms with van der Waals surface area (Å²) in [4.78, 5) is 13.3. The average Bonchev–Trinajstić information content (AvgIpc) is 2.50. The van der Waals surface area contributed by atoms with E-state index < -0.39 is 11.7 Å². The van der Waals surface area contributed by atoms with Gasteiger partial charge in [-0.05, 0) is 48.4 Å². The lowest BCUT2D eigenvalue weighted by molar-refractivity contribution is 0.0930. The second kappa shape index (κ2) is 6.38. The maximum absolute atomic E-state index is 13.8. The van der Waals surface area contributed by atoms with Gasteiger partial charge in [-0.3, -0.25) is 4.79 Å². The van der Waals surface area contributed by atoms with Crippen molar-refractivity contribution >= 4 is 33.6 Å². The summed E-state index contributed by atoms with van der Waals surface area (Å²) in [6, 6.07) is 8.46. The van der Waals surface area contributed by atoms with Gasteiger partial charge in [0.25, 0.3) is 5.91 Å². The second-order valence-corrected chi connectivity index (χ2v) is 7.02. The van der Waals surface area contributed by atoms with Crippen LogP contribution in [-0.2, 0) is 0 Å². The van der Waals surface area contributed by atoms with Crippen molar-refractivity contribution < 1.29 is 13.6 Å². The molecule has 0 spiro atoms. The molecular formula is C16H12BrF2NOS. The third kappa shape index (κ3) is 3.17. The number of hydrogen-bond donors (Lipinski definition) is 1. The molecule has 1 aliphatic rings. The first-order valence-corrected chi connectivity index (χ1v) is 8.50. The zero-order valence-electron chi connectivity index (χ0n) is 11.4. The highest BCUT2D eigenvalue weighted by Gasteiger charge is 2.24. The van der Waals surface area contributed by atoms with E-state index in [1.165, 1.54) is 30.3 Å². The smallest absolute Gasteiger partial charge is 0.254 e. The van der Waals surface area contributed by atoms with E-state index in [9.17, 15) is 13.6 Å². The van der Waals surface area contributed by atoms with E-state index in [0.717, 1.165) is 16.2 Å². The van der Waals surface area contributed by atoms with E-state index in [2.05, 4.69) is 21.2 Å². The first-order valence-electron chi connectivity index (χ1n) is 6.73. The molecule has 0 fully saturated rings. The van der Waals surface area contributed by atoms with E-state index in [0.29, 0.717) is 10.9 Å². The predicted molar refractivity (Wildman–Crippen MR) is 86.0 cm³/mol. The van der Waals surface area contributed by atoms with Gasteiger partial charge in [0.15, 0.2) is 0 Å². The van der Waals surface area contributed by atoms with Crippen LogP contribution in [0.4, 0.5) is 8.78 Å². The van der Waals surface area contributed by atoms with Crippen molar-refractivity contribution in [1.29, 1.82) is 0 Å². The maximum atomic E-state index is 13.8. The molecule has 2 aromatic rings. The van der Waals surface area contributed by atoms with Crippen LogP contribution in [0.2, 0.25) is 0 Å². The Kier molecular flexibility index (Phi) is 4.49. The molecule has 2 aromatic carbocycles. The summed E-state index contributed by atoms with van der Waals surface area (Å²) in [5.41, 5.74) is 0.727. The van der Waals surface area contributed by atoms with Crippen molar-refractivity contribution in [2.45, 2.75) is 17.4 Å². The van der Waals surface area contributed by atoms with E-state index in [1.54, 1.807) is 17.8 Å². The van der Waals surface area contributed by atoms with Crippen LogP contribution >= 0.6 is 27.7 Å². The summed E-state index contributed by atoms with van der Waals surface area (Å²) in [5, 5.41) is 2.81. The lowest BCUT2D eigenvalue weighted by atomic mass is 10.0. The third-order valence-electron chi connectivity index (χ3n) is 3.49. The van der Waals surface area contributed by atoms with Gasteiger partial charge in [0.1, 0.15) is 11.6 Å². The van der Waals surface area contributed by atoms with Crippen molar-refractivity contribution in [3.8, 4) is 0 Å². The Morgan fingerprint density at radius 2 is 2.05 bits per heavy atom. The minimum absolute atomic E-state index is 0.0226. The first kappa shape index (κ1) is 15.5. The van der Waals surface area contributed by atoms with E-state index in [1.807, 2.05) is 0 Å². The number of halogens is 3. The number of hydrogen-bond acceptors (Lipinski definition) is 2. The van der Waals surface area contributed by atoms with Crippen LogP contribution in [-0.4, -0.2) is 11.7 Å². The van der Waals surface area contributed by atoms with Gasteiger partial charge in [-0.2, -0.15) is 0 Å². The molecule has 1 amide bonds. The molecule has 2 nitrogen and oxygen atoms in total. The number of thioether (sulfide) groups is 1. The number of fused-ring (bicyclic) bond motifs is 1. The van der Waals surface area contributed by atoms with E-state index >= 15 is 0 Å². The number of carbonyl (C=O) groups excluding carboxylic acids is 1. The van der Waals surface area contributed by atoms with Crippen LogP contribution in [0, 0.1) is 11.6 Å². The van der Waals surface area contributed by atoms with Crippen molar-refractivity contribution in [3.63, 3.8) is 0 Å². The van der Waals surface area contributed by atoms with Crippen molar-refractivity contribution in [1.82, 2.24) is 5.32 Å². The number of nitrogens with one attached hydrogen (secondary N) is 1. The quantitative estimate of drug-likeness (QED) is 0.814. The lowest BCUT2D eigenvalue weighted by Crippen LogP contribution is -2.31. The summed E-state index contributed by atoms with van der Waals surface area (Å²) in [6.45, 7) is 0. The molecule has 1 unspecified atom stereocenters. The maximum Gasteiger partial charge on any atom is 0.254 e. The lowest BCUT2D eigenvalue weighted by Gasteiger charge is -2.26. The van der Waals surface area contributed by atoms with Crippen LogP contribution in [0.5, 0.6) is 0 Å². The Hall–Kier alpha value is -1.40. The Morgan fingerprint density at radius 1 is 1.23 bits per heavy atom. The van der Waals surface area contributed by atoms with Gasteiger partial charge in [0.05, 0.1) is 11.6 Å². The topological polar surface area (TPSA) is 29.1 Å². The van der Waals surface area contributed by atoms with E-state index in [-0.39, 0.29) is 17.4 Å². The van der Waals surface area contributed by atoms with Gasteiger partial charge in [0, 0.05) is 15.1 Å². The van der Waals surface area contributed by atoms with Crippen LogP contribution in [0.25, 0.3) is 0 Å². The molecule has 1 heterocycles. The fraction of sp³-hybridized carbons (Fsp3) is 0.188. The normalized spacial score (nSPS) is 17.0. The molecule has 0 radical (unpaired) electrons. The molecule has 0 saturated heterocycles. The Morgan fingerprint density at radius 3 is 2.86 bits per heavy atom. The summed E-state index contributed by atoms with van der Waals surface area (Å²) in [7, 11) is 0. The van der Waals surface area contributed by atoms with Crippen LogP contribution in [0.3, 0.4) is 0 Å². The van der Waals surface area contributed by atoms with Crippen molar-refractivity contribution in [2.75, 3.05) is 5.75 Å². The highest BCUT2D eigenvalue weighted by Crippen LogP contribution is 2.36. The Balaban J connectivity index is 1.87. The van der Waals surface area contributed by atoms with Crippen LogP contribution in [0.1, 0.15) is 28.4 Å². The molecule has 1 aliphatic heterocycles. The number of rotatable bonds is 2. The number of carbonyl (C=O) groups is 1. The molecule has 1 N–H and O–H groups in total. The van der Waals surface area contributed by atoms with Crippen molar-refractivity contribution in [2.24, 2.45) is 0 Å². The largest absolute Gasteiger partial charge is 0.345 e. The van der Waals surface area contributed by atoms with Gasteiger partial charge in [-0.1, -0.05) is 15.9 Å². The van der Waals surface area contributed by atoms with Gasteiger partial charge in [-0.25, -0.2) is 8.78 Å². The molecule has 0 saturated carbocycles. The summed E-state index contributed by atoms with van der Waals surface area (Å²) in [6.07, 6.45) is 0.683. The molecule has 22 heavy (non-hydrogen) atoms. The zero-order valence-corrected chi connectivity index (χ0v) is 13.8. The molecule has 1 atom stereocenters. The van der Waals surface area contributed by atoms with Crippen LogP contribution < -0.4 is 5.32 Å². The number of amides is 1. The SMILES string of the molecule is O=C(NC1CCSc2ccc(F)cc21)c1cc(Br)ccc1F. The Bertz CT molecular complexity index is 738. The van der Waals surface area contributed by atoms with Crippen molar-refractivity contribution in [3.05, 3.63) is 63.6 Å². The molecule has 6 heteroatoms. The van der Waals surface area contributed by atoms with Gasteiger partial charge < -0.3 is 5.32 Å². The summed E-state index contributed by atoms with van der Waals surface area (Å²) in [5.74, 6) is -0.588. The Labute approximate surface area is 139 Å². The fourth-order valence-electron chi connectivity index (χ4n) is 2.42. The van der Waals surface area contributed by atoms with E-state index in [4.69, 9.17) is 0 Å². The highest BCUT2D eigenvalue weighted by atomic mass is 79.9. The zero-order chi connectivity index (χ0) is 15.7. The standard InChI is InChI=1S/C16H12BrF2NOS/c17-9-1-3-13(19)11(7-9)16(21)20-14-5-6-22-15-4-2-10(18)8-12(14)15/h1-4,7-8,14H,5-6H2,(H,20,21). The predicted octanol–water partition coefficient (Wildman–Crippen LogP) is 4.69. The molecular weight excluding hydrogens is 372 g/mol. The van der Waals surface area contributed by atoms with Gasteiger partial charge in [0.2, 0.25) is 0 Å². The minimum atomic E-state index is -0.578. The second-order valence-electron chi connectivity index (χ2n) is 4.97. The molecule has 0 aromatic heterocycles. The monoisotopic (exact) mass is 383 g/mol. The summed E-state index contributed by atoms with van der Waals surface area (Å²) >= 11 is 4.86. The van der Waals surface area contributed by atoms with Crippen LogP contribution in [0.15, 0.2) is 45.8 Å². The molecule has 0 aliphatic carbocycles. The minimum Gasteiger partial charge on any atom is -0.345 e. The highest BCUT2D eigenvalue weighted by molar-refractivity contribution is 9.10. The van der Waals surface area contributed by atoms with Gasteiger partial charge >= 0.3 is 0 Å².